The van der Waals surface area contributed by atoms with Crippen LogP contribution in [0.3, 0.4) is 0 Å². The molecule has 0 saturated carbocycles. The zero-order valence-electron chi connectivity index (χ0n) is 20.9. The maximum Gasteiger partial charge on any atom is 0.221 e. The van der Waals surface area contributed by atoms with Crippen LogP contribution in [-0.2, 0) is 15.0 Å². The topological polar surface area (TPSA) is 116 Å². The second-order valence-electron chi connectivity index (χ2n) is 9.52. The van der Waals surface area contributed by atoms with E-state index in [0.29, 0.717) is 23.0 Å². The van der Waals surface area contributed by atoms with Crippen molar-refractivity contribution in [1.29, 1.82) is 0 Å². The average molecular weight is 503 g/mol. The zero-order chi connectivity index (χ0) is 26.3. The maximum absolute atomic E-state index is 11.6. The third kappa shape index (κ3) is 4.26. The first-order valence-corrected chi connectivity index (χ1v) is 12.4. The monoisotopic (exact) mass is 502 g/mol. The first kappa shape index (κ1) is 23.4. The van der Waals surface area contributed by atoms with Crippen molar-refractivity contribution in [2.24, 2.45) is 0 Å². The molecule has 6 rings (SSSR count). The number of hydrogen-bond donors (Lipinski definition) is 4. The summed E-state index contributed by atoms with van der Waals surface area (Å²) in [5.41, 5.74) is 4.96. The van der Waals surface area contributed by atoms with Crippen molar-refractivity contribution in [3.8, 4) is 0 Å². The van der Waals surface area contributed by atoms with Crippen molar-refractivity contribution >= 4 is 45.3 Å². The Morgan fingerprint density at radius 2 is 1.24 bits per heavy atom. The summed E-state index contributed by atoms with van der Waals surface area (Å²) in [4.78, 5) is 40.0. The number of aromatic amines is 2. The fourth-order valence-electron chi connectivity index (χ4n) is 4.92. The Bertz CT molecular complexity index is 1630. The molecular formula is C30H26N6O2. The van der Waals surface area contributed by atoms with Crippen LogP contribution in [0.1, 0.15) is 37.0 Å². The minimum absolute atomic E-state index is 0.121. The van der Waals surface area contributed by atoms with Crippen LogP contribution in [0.25, 0.3) is 22.1 Å². The Kier molecular flexibility index (Phi) is 5.64. The minimum atomic E-state index is -0.786. The van der Waals surface area contributed by atoms with E-state index in [9.17, 15) is 9.59 Å². The Labute approximate surface area is 218 Å². The summed E-state index contributed by atoms with van der Waals surface area (Å²) in [5, 5.41) is 5.64. The molecule has 0 spiro atoms. The number of hydrogen-bond acceptors (Lipinski definition) is 4. The molecular weight excluding hydrogens is 476 g/mol. The molecule has 5 aromatic rings. The van der Waals surface area contributed by atoms with Crippen LogP contribution in [0.15, 0.2) is 91.0 Å². The Morgan fingerprint density at radius 3 is 1.71 bits per heavy atom. The molecule has 0 aliphatic heterocycles. The molecule has 0 saturated heterocycles. The molecule has 2 heterocycles. The van der Waals surface area contributed by atoms with Crippen LogP contribution in [0, 0.1) is 0 Å². The number of carbonyl (C=O) groups is 2. The summed E-state index contributed by atoms with van der Waals surface area (Å²) in [6.45, 7) is 2.96. The Hall–Kier alpha value is -4.98. The maximum atomic E-state index is 11.6. The largest absolute Gasteiger partial charge is 0.341 e. The van der Waals surface area contributed by atoms with Gasteiger partial charge < -0.3 is 20.6 Å². The van der Waals surface area contributed by atoms with E-state index in [4.69, 9.17) is 9.97 Å². The van der Waals surface area contributed by atoms with Crippen LogP contribution in [0.4, 0.5) is 11.4 Å². The molecule has 0 unspecified atom stereocenters. The summed E-state index contributed by atoms with van der Waals surface area (Å²) in [7, 11) is 0. The highest BCUT2D eigenvalue weighted by molar-refractivity contribution is 5.92. The lowest BCUT2D eigenvalue weighted by molar-refractivity contribution is -0.115. The number of imidazole rings is 2. The van der Waals surface area contributed by atoms with E-state index in [1.54, 1.807) is 0 Å². The predicted octanol–water partition coefficient (Wildman–Crippen LogP) is 5.55. The van der Waals surface area contributed by atoms with Gasteiger partial charge in [-0.3, -0.25) is 9.59 Å². The zero-order valence-corrected chi connectivity index (χ0v) is 20.9. The van der Waals surface area contributed by atoms with E-state index in [2.05, 4.69) is 57.0 Å². The highest BCUT2D eigenvalue weighted by Crippen LogP contribution is 2.39. The summed E-state index contributed by atoms with van der Waals surface area (Å²) in [5.74, 6) is 1.25. The molecule has 0 bridgehead atoms. The molecule has 0 fully saturated rings. The van der Waals surface area contributed by atoms with E-state index >= 15 is 0 Å². The van der Waals surface area contributed by atoms with Crippen molar-refractivity contribution in [3.63, 3.8) is 0 Å². The van der Waals surface area contributed by atoms with Gasteiger partial charge in [-0.05, 0) is 42.0 Å². The summed E-state index contributed by atoms with van der Waals surface area (Å²) in [6.07, 6.45) is 8.59. The molecule has 2 amide bonds. The van der Waals surface area contributed by atoms with Gasteiger partial charge >= 0.3 is 0 Å². The number of allylic oxidation sites excluding steroid dienone is 4. The summed E-state index contributed by atoms with van der Waals surface area (Å²) in [6, 6.07) is 21.5. The Morgan fingerprint density at radius 1 is 0.737 bits per heavy atom. The number of nitrogens with one attached hydrogen (secondary N) is 4. The third-order valence-electron chi connectivity index (χ3n) is 6.71. The number of amides is 2. The number of nitrogens with zero attached hydrogens (tertiary/aromatic N) is 2. The van der Waals surface area contributed by atoms with Gasteiger partial charge in [0.15, 0.2) is 0 Å². The molecule has 38 heavy (non-hydrogen) atoms. The van der Waals surface area contributed by atoms with Crippen LogP contribution in [0.2, 0.25) is 0 Å². The minimum Gasteiger partial charge on any atom is -0.341 e. The number of H-pyrrole nitrogens is 2. The number of anilines is 2. The number of carbonyl (C=O) groups excluding carboxylic acids is 2. The van der Waals surface area contributed by atoms with Crippen molar-refractivity contribution < 1.29 is 9.59 Å². The van der Waals surface area contributed by atoms with Gasteiger partial charge in [0.25, 0.3) is 0 Å². The second-order valence-corrected chi connectivity index (χ2v) is 9.52. The van der Waals surface area contributed by atoms with Gasteiger partial charge in [0.1, 0.15) is 17.1 Å². The van der Waals surface area contributed by atoms with Gasteiger partial charge in [-0.15, -0.1) is 0 Å². The fourth-order valence-corrected chi connectivity index (χ4v) is 4.92. The number of rotatable bonds is 5. The smallest absolute Gasteiger partial charge is 0.221 e. The van der Waals surface area contributed by atoms with Gasteiger partial charge in [-0.2, -0.15) is 0 Å². The first-order valence-electron chi connectivity index (χ1n) is 12.4. The molecule has 1 aliphatic carbocycles. The molecule has 2 aromatic heterocycles. The van der Waals surface area contributed by atoms with Crippen LogP contribution >= 0.6 is 0 Å². The second kappa shape index (κ2) is 9.15. The van der Waals surface area contributed by atoms with Crippen molar-refractivity contribution in [1.82, 2.24) is 19.9 Å². The van der Waals surface area contributed by atoms with Gasteiger partial charge in [0.2, 0.25) is 11.8 Å². The first-order chi connectivity index (χ1) is 18.4. The molecule has 3 aromatic carbocycles. The summed E-state index contributed by atoms with van der Waals surface area (Å²) < 4.78 is 0. The normalized spacial score (nSPS) is 14.7. The highest BCUT2D eigenvalue weighted by Gasteiger charge is 2.38. The number of fused-ring (bicyclic) bond motifs is 2. The van der Waals surface area contributed by atoms with Gasteiger partial charge in [-0.25, -0.2) is 9.97 Å². The summed E-state index contributed by atoms with van der Waals surface area (Å²) >= 11 is 0. The lowest BCUT2D eigenvalue weighted by Gasteiger charge is -2.27. The quantitative estimate of drug-likeness (QED) is 0.236. The third-order valence-corrected chi connectivity index (χ3v) is 6.71. The average Bonchev–Trinajstić information content (AvgIpc) is 3.53. The molecule has 4 N–H and O–H groups in total. The SMILES string of the molecule is CC(=O)Nc1ccc2[nH]c(C3(c4nc5cc(NC(C)=O)ccc5[nH]4)C=CC(c4ccccc4)C=C3)nc2c1. The standard InChI is InChI=1S/C30H26N6O2/c1-18(37)31-22-8-10-24-26(16-22)35-28(33-24)30(14-12-21(13-15-30)20-6-4-3-5-7-20)29-34-25-11-9-23(32-19(2)38)17-27(25)36-29/h3-17,21H,1-2H3,(H,31,37)(H,32,38)(H,33,35)(H,34,36). The molecule has 8 nitrogen and oxygen atoms in total. The Balaban J connectivity index is 1.47. The lowest BCUT2D eigenvalue weighted by Crippen LogP contribution is -2.28. The van der Waals surface area contributed by atoms with Crippen molar-refractivity contribution in [2.75, 3.05) is 10.6 Å². The fraction of sp³-hybridized carbons (Fsp3) is 0.133. The van der Waals surface area contributed by atoms with E-state index < -0.39 is 5.41 Å². The molecule has 0 radical (unpaired) electrons. The van der Waals surface area contributed by atoms with Crippen LogP contribution in [0.5, 0.6) is 0 Å². The van der Waals surface area contributed by atoms with E-state index in [0.717, 1.165) is 22.1 Å². The van der Waals surface area contributed by atoms with Gasteiger partial charge in [-0.1, -0.05) is 54.6 Å². The van der Waals surface area contributed by atoms with Crippen molar-refractivity contribution in [2.45, 2.75) is 25.2 Å². The predicted molar refractivity (Wildman–Crippen MR) is 149 cm³/mol. The number of aromatic nitrogens is 4. The molecule has 0 atom stereocenters. The van der Waals surface area contributed by atoms with Crippen LogP contribution in [-0.4, -0.2) is 31.8 Å². The molecule has 8 heteroatoms. The molecule has 1 aliphatic rings. The van der Waals surface area contributed by atoms with Gasteiger partial charge in [0.05, 0.1) is 22.1 Å². The van der Waals surface area contributed by atoms with Crippen LogP contribution < -0.4 is 10.6 Å². The molecule has 188 valence electrons. The van der Waals surface area contributed by atoms with E-state index in [1.807, 2.05) is 54.6 Å². The lowest BCUT2D eigenvalue weighted by atomic mass is 9.78. The van der Waals surface area contributed by atoms with E-state index in [-0.39, 0.29) is 17.7 Å². The number of benzene rings is 3. The van der Waals surface area contributed by atoms with Gasteiger partial charge in [0, 0.05) is 31.1 Å². The van der Waals surface area contributed by atoms with Crippen molar-refractivity contribution in [3.05, 3.63) is 108 Å². The van der Waals surface area contributed by atoms with E-state index in [1.165, 1.54) is 19.4 Å². The highest BCUT2D eigenvalue weighted by atomic mass is 16.2.